The van der Waals surface area contributed by atoms with Crippen LogP contribution in [-0.4, -0.2) is 40.6 Å². The van der Waals surface area contributed by atoms with Gasteiger partial charge in [-0.1, -0.05) is 44.5 Å². The molecule has 4 atom stereocenters. The second-order valence-electron chi connectivity index (χ2n) is 12.2. The minimum atomic E-state index is -1.39. The third-order valence-corrected chi connectivity index (χ3v) is 8.20. The van der Waals surface area contributed by atoms with Gasteiger partial charge in [0.1, 0.15) is 17.0 Å². The number of anilines is 1. The second kappa shape index (κ2) is 8.75. The lowest BCUT2D eigenvalue weighted by Gasteiger charge is -2.42. The van der Waals surface area contributed by atoms with Gasteiger partial charge in [0.2, 0.25) is 11.8 Å². The quantitative estimate of drug-likeness (QED) is 0.471. The van der Waals surface area contributed by atoms with E-state index in [4.69, 9.17) is 11.6 Å². The van der Waals surface area contributed by atoms with Crippen LogP contribution in [0.2, 0.25) is 5.02 Å². The Morgan fingerprint density at radius 1 is 1.22 bits per heavy atom. The van der Waals surface area contributed by atoms with Crippen LogP contribution in [0.5, 0.6) is 0 Å². The maximum absolute atomic E-state index is 14.9. The fourth-order valence-corrected chi connectivity index (χ4v) is 6.69. The molecule has 2 aliphatic heterocycles. The average Bonchev–Trinajstić information content (AvgIpc) is 3.22. The number of halogens is 3. The molecule has 2 amide bonds. The van der Waals surface area contributed by atoms with E-state index >= 15 is 0 Å². The zero-order chi connectivity index (χ0) is 26.9. The molecule has 2 aromatic carbocycles. The van der Waals surface area contributed by atoms with E-state index in [0.717, 1.165) is 0 Å². The van der Waals surface area contributed by atoms with Crippen molar-refractivity contribution in [3.63, 3.8) is 0 Å². The molecule has 1 saturated carbocycles. The standard InChI is InChI=1S/C28H32ClF2N3O3/c1-26(2,3)13-21-28(17-9-19(31)18(29)10-20(17)33-25(28)36)22(14-6-5-7-15(30)8-14)23(34-21)24(35)32-16-11-27(4,37)12-16/h5-10,16,21-23,34,37H,11-13H2,1-4H3,(H,32,35)(H,33,36). The largest absolute Gasteiger partial charge is 0.390 e. The normalized spacial score (nSPS) is 32.7. The predicted molar refractivity (Wildman–Crippen MR) is 137 cm³/mol. The first-order valence-corrected chi connectivity index (χ1v) is 12.9. The third-order valence-electron chi connectivity index (χ3n) is 7.91. The molecule has 4 N–H and O–H groups in total. The van der Waals surface area contributed by atoms with Gasteiger partial charge in [0, 0.05) is 23.7 Å². The monoisotopic (exact) mass is 531 g/mol. The summed E-state index contributed by atoms with van der Waals surface area (Å²) in [6.07, 6.45) is 1.32. The molecule has 198 valence electrons. The highest BCUT2D eigenvalue weighted by Gasteiger charge is 2.66. The summed E-state index contributed by atoms with van der Waals surface area (Å²) in [5.41, 5.74) is -1.24. The molecular formula is C28H32ClF2N3O3. The molecule has 9 heteroatoms. The molecular weight excluding hydrogens is 500 g/mol. The van der Waals surface area contributed by atoms with Crippen LogP contribution in [0, 0.1) is 17.0 Å². The van der Waals surface area contributed by atoms with Gasteiger partial charge in [-0.15, -0.1) is 0 Å². The Kier molecular flexibility index (Phi) is 6.17. The van der Waals surface area contributed by atoms with Crippen molar-refractivity contribution in [2.45, 2.75) is 82.0 Å². The van der Waals surface area contributed by atoms with E-state index in [0.29, 0.717) is 36.1 Å². The van der Waals surface area contributed by atoms with E-state index in [9.17, 15) is 23.5 Å². The molecule has 1 saturated heterocycles. The smallest absolute Gasteiger partial charge is 0.238 e. The highest BCUT2D eigenvalue weighted by Crippen LogP contribution is 2.57. The molecule has 4 unspecified atom stereocenters. The van der Waals surface area contributed by atoms with E-state index in [1.807, 2.05) is 20.8 Å². The zero-order valence-corrected chi connectivity index (χ0v) is 22.0. The van der Waals surface area contributed by atoms with Gasteiger partial charge >= 0.3 is 0 Å². The van der Waals surface area contributed by atoms with Gasteiger partial charge in [0.15, 0.2) is 0 Å². The zero-order valence-electron chi connectivity index (χ0n) is 21.3. The predicted octanol–water partition coefficient (Wildman–Crippen LogP) is 4.40. The number of rotatable bonds is 4. The van der Waals surface area contributed by atoms with Gasteiger partial charge < -0.3 is 21.1 Å². The number of nitrogens with one attached hydrogen (secondary N) is 3. The van der Waals surface area contributed by atoms with Gasteiger partial charge in [-0.3, -0.25) is 9.59 Å². The Morgan fingerprint density at radius 3 is 2.54 bits per heavy atom. The summed E-state index contributed by atoms with van der Waals surface area (Å²) in [6, 6.07) is 6.85. The lowest BCUT2D eigenvalue weighted by atomic mass is 9.62. The van der Waals surface area contributed by atoms with Crippen LogP contribution in [-0.2, 0) is 15.0 Å². The molecule has 37 heavy (non-hydrogen) atoms. The summed E-state index contributed by atoms with van der Waals surface area (Å²) in [5, 5.41) is 19.3. The minimum absolute atomic E-state index is 0.122. The summed E-state index contributed by atoms with van der Waals surface area (Å²) in [6.45, 7) is 7.80. The van der Waals surface area contributed by atoms with Gasteiger partial charge in [-0.05, 0) is 67.0 Å². The van der Waals surface area contributed by atoms with Gasteiger partial charge in [-0.25, -0.2) is 8.78 Å². The number of aliphatic hydroxyl groups is 1. The molecule has 0 bridgehead atoms. The van der Waals surface area contributed by atoms with Gasteiger partial charge in [0.25, 0.3) is 0 Å². The van der Waals surface area contributed by atoms with Crippen LogP contribution >= 0.6 is 11.6 Å². The first kappa shape index (κ1) is 26.1. The van der Waals surface area contributed by atoms with Crippen LogP contribution < -0.4 is 16.0 Å². The molecule has 2 aromatic rings. The maximum atomic E-state index is 14.9. The molecule has 1 aliphatic carbocycles. The van der Waals surface area contributed by atoms with E-state index < -0.39 is 40.7 Å². The van der Waals surface area contributed by atoms with Crippen LogP contribution in [0.4, 0.5) is 14.5 Å². The summed E-state index contributed by atoms with van der Waals surface area (Å²) < 4.78 is 29.4. The van der Waals surface area contributed by atoms with E-state index in [1.54, 1.807) is 19.1 Å². The minimum Gasteiger partial charge on any atom is -0.390 e. The van der Waals surface area contributed by atoms with Crippen molar-refractivity contribution in [3.05, 3.63) is 64.2 Å². The van der Waals surface area contributed by atoms with Crippen LogP contribution in [0.1, 0.15) is 64.0 Å². The lowest BCUT2D eigenvalue weighted by Crippen LogP contribution is -2.57. The Bertz CT molecular complexity index is 1270. The number of carbonyl (C=O) groups is 2. The molecule has 6 nitrogen and oxygen atoms in total. The fraction of sp³-hybridized carbons (Fsp3) is 0.500. The number of amides is 2. The first-order valence-electron chi connectivity index (χ1n) is 12.6. The molecule has 0 radical (unpaired) electrons. The van der Waals surface area contributed by atoms with Crippen molar-refractivity contribution in [3.8, 4) is 0 Å². The lowest BCUT2D eigenvalue weighted by molar-refractivity contribution is -0.127. The summed E-state index contributed by atoms with van der Waals surface area (Å²) >= 11 is 6.06. The first-order chi connectivity index (χ1) is 17.2. The van der Waals surface area contributed by atoms with Gasteiger partial charge in [0.05, 0.1) is 16.7 Å². The number of benzene rings is 2. The summed E-state index contributed by atoms with van der Waals surface area (Å²) in [5.74, 6) is -2.74. The van der Waals surface area contributed by atoms with Crippen molar-refractivity contribution in [2.24, 2.45) is 5.41 Å². The highest BCUT2D eigenvalue weighted by atomic mass is 35.5. The van der Waals surface area contributed by atoms with Crippen LogP contribution in [0.15, 0.2) is 36.4 Å². The Labute approximate surface area is 220 Å². The molecule has 1 spiro atoms. The Balaban J connectivity index is 1.68. The topological polar surface area (TPSA) is 90.5 Å². The SMILES string of the molecule is CC(C)(C)CC1NC(C(=O)NC2CC(C)(O)C2)C(c2cccc(F)c2)C12C(=O)Nc1cc(Cl)c(F)cc12. The maximum Gasteiger partial charge on any atom is 0.238 e. The van der Waals surface area contributed by atoms with E-state index in [-0.39, 0.29) is 28.3 Å². The summed E-state index contributed by atoms with van der Waals surface area (Å²) in [7, 11) is 0. The highest BCUT2D eigenvalue weighted by molar-refractivity contribution is 6.31. The van der Waals surface area contributed by atoms with Gasteiger partial charge in [-0.2, -0.15) is 0 Å². The van der Waals surface area contributed by atoms with Crippen molar-refractivity contribution < 1.29 is 23.5 Å². The third kappa shape index (κ3) is 4.43. The van der Waals surface area contributed by atoms with Crippen LogP contribution in [0.25, 0.3) is 0 Å². The van der Waals surface area contributed by atoms with Crippen molar-refractivity contribution in [2.75, 3.05) is 5.32 Å². The molecule has 5 rings (SSSR count). The second-order valence-corrected chi connectivity index (χ2v) is 12.6. The van der Waals surface area contributed by atoms with E-state index in [1.165, 1.54) is 24.3 Å². The number of hydrogen-bond acceptors (Lipinski definition) is 4. The number of carbonyl (C=O) groups excluding carboxylic acids is 2. The number of hydrogen-bond donors (Lipinski definition) is 4. The van der Waals surface area contributed by atoms with Crippen molar-refractivity contribution in [1.82, 2.24) is 10.6 Å². The van der Waals surface area contributed by atoms with Crippen molar-refractivity contribution in [1.29, 1.82) is 0 Å². The Hall–Kier alpha value is -2.55. The molecule has 2 fully saturated rings. The summed E-state index contributed by atoms with van der Waals surface area (Å²) in [4.78, 5) is 27.8. The van der Waals surface area contributed by atoms with Crippen LogP contribution in [0.3, 0.4) is 0 Å². The molecule has 0 aromatic heterocycles. The molecule has 3 aliphatic rings. The average molecular weight is 532 g/mol. The number of fused-ring (bicyclic) bond motifs is 2. The van der Waals surface area contributed by atoms with Crippen molar-refractivity contribution >= 4 is 29.1 Å². The molecule has 2 heterocycles. The fourth-order valence-electron chi connectivity index (χ4n) is 6.53. The van der Waals surface area contributed by atoms with E-state index in [2.05, 4.69) is 16.0 Å². The Morgan fingerprint density at radius 2 is 1.92 bits per heavy atom.